The Hall–Kier alpha value is -1.06. The molecule has 0 saturated carbocycles. The molecule has 3 heteroatoms. The van der Waals surface area contributed by atoms with Crippen LogP contribution >= 0.6 is 0 Å². The monoisotopic (exact) mass is 223 g/mol. The van der Waals surface area contributed by atoms with Crippen LogP contribution in [0, 0.1) is 13.8 Å². The smallest absolute Gasteiger partial charge is 0.122 e. The lowest BCUT2D eigenvalue weighted by molar-refractivity contribution is 0.180. The molecule has 1 aromatic rings. The summed E-state index contributed by atoms with van der Waals surface area (Å²) in [5, 5.41) is 0. The fourth-order valence-electron chi connectivity index (χ4n) is 1.79. The standard InChI is InChI=1S/C13H21NO2/c1-9-5-12(11(7-14)8-15-3)13(16-4)6-10(9)2/h5-6,11H,7-8,14H2,1-4H3. The number of nitrogens with two attached hydrogens (primary N) is 1. The maximum absolute atomic E-state index is 5.77. The van der Waals surface area contributed by atoms with Gasteiger partial charge in [-0.2, -0.15) is 0 Å². The van der Waals surface area contributed by atoms with E-state index >= 15 is 0 Å². The number of aryl methyl sites for hydroxylation is 2. The number of rotatable bonds is 5. The van der Waals surface area contributed by atoms with Gasteiger partial charge in [0.2, 0.25) is 0 Å². The Balaban J connectivity index is 3.13. The Morgan fingerprint density at radius 2 is 1.81 bits per heavy atom. The fourth-order valence-corrected chi connectivity index (χ4v) is 1.79. The predicted octanol–water partition coefficient (Wildman–Crippen LogP) is 2.00. The van der Waals surface area contributed by atoms with Crippen LogP contribution in [0.4, 0.5) is 0 Å². The third-order valence-electron chi connectivity index (χ3n) is 2.94. The molecular formula is C13H21NO2. The molecule has 0 heterocycles. The summed E-state index contributed by atoms with van der Waals surface area (Å²) in [4.78, 5) is 0. The fraction of sp³-hybridized carbons (Fsp3) is 0.538. The molecule has 1 atom stereocenters. The molecule has 16 heavy (non-hydrogen) atoms. The van der Waals surface area contributed by atoms with Crippen LogP contribution in [0.25, 0.3) is 0 Å². The van der Waals surface area contributed by atoms with Gasteiger partial charge >= 0.3 is 0 Å². The van der Waals surface area contributed by atoms with E-state index in [0.29, 0.717) is 13.2 Å². The summed E-state index contributed by atoms with van der Waals surface area (Å²) < 4.78 is 10.6. The van der Waals surface area contributed by atoms with Crippen LogP contribution in [-0.4, -0.2) is 27.4 Å². The Bertz CT molecular complexity index is 350. The average Bonchev–Trinajstić information content (AvgIpc) is 2.29. The van der Waals surface area contributed by atoms with Gasteiger partial charge in [0, 0.05) is 25.1 Å². The van der Waals surface area contributed by atoms with Crippen LogP contribution in [0.3, 0.4) is 0 Å². The first-order valence-electron chi connectivity index (χ1n) is 5.48. The average molecular weight is 223 g/mol. The Morgan fingerprint density at radius 1 is 1.19 bits per heavy atom. The molecule has 2 N–H and O–H groups in total. The summed E-state index contributed by atoms with van der Waals surface area (Å²) in [6, 6.07) is 4.20. The van der Waals surface area contributed by atoms with Crippen molar-refractivity contribution in [2.45, 2.75) is 19.8 Å². The lowest BCUT2D eigenvalue weighted by Gasteiger charge is -2.19. The molecule has 3 nitrogen and oxygen atoms in total. The quantitative estimate of drug-likeness (QED) is 0.830. The minimum atomic E-state index is 0.194. The van der Waals surface area contributed by atoms with Crippen LogP contribution in [0.2, 0.25) is 0 Å². The molecule has 0 saturated heterocycles. The van der Waals surface area contributed by atoms with E-state index in [9.17, 15) is 0 Å². The second kappa shape index (κ2) is 5.87. The van der Waals surface area contributed by atoms with Gasteiger partial charge in [-0.15, -0.1) is 0 Å². The maximum Gasteiger partial charge on any atom is 0.122 e. The third-order valence-corrected chi connectivity index (χ3v) is 2.94. The first-order chi connectivity index (χ1) is 7.63. The second-order valence-corrected chi connectivity index (χ2v) is 4.07. The molecule has 0 aromatic heterocycles. The largest absolute Gasteiger partial charge is 0.496 e. The zero-order valence-electron chi connectivity index (χ0n) is 10.5. The number of hydrogen-bond donors (Lipinski definition) is 1. The first-order valence-corrected chi connectivity index (χ1v) is 5.48. The van der Waals surface area contributed by atoms with Crippen molar-refractivity contribution < 1.29 is 9.47 Å². The summed E-state index contributed by atoms with van der Waals surface area (Å²) >= 11 is 0. The predicted molar refractivity (Wildman–Crippen MR) is 66.1 cm³/mol. The molecule has 1 aromatic carbocycles. The van der Waals surface area contributed by atoms with Gasteiger partial charge in [0.25, 0.3) is 0 Å². The molecule has 0 aliphatic heterocycles. The molecule has 0 amide bonds. The molecular weight excluding hydrogens is 202 g/mol. The number of methoxy groups -OCH3 is 2. The summed E-state index contributed by atoms with van der Waals surface area (Å²) in [5.41, 5.74) is 9.39. The van der Waals surface area contributed by atoms with Crippen molar-refractivity contribution in [3.05, 3.63) is 28.8 Å². The van der Waals surface area contributed by atoms with E-state index in [4.69, 9.17) is 15.2 Å². The van der Waals surface area contributed by atoms with Crippen LogP contribution < -0.4 is 10.5 Å². The molecule has 0 aliphatic rings. The Labute approximate surface area is 97.6 Å². The zero-order valence-corrected chi connectivity index (χ0v) is 10.5. The van der Waals surface area contributed by atoms with Gasteiger partial charge in [-0.1, -0.05) is 6.07 Å². The van der Waals surface area contributed by atoms with Gasteiger partial charge in [0.15, 0.2) is 0 Å². The van der Waals surface area contributed by atoms with Crippen molar-refractivity contribution >= 4 is 0 Å². The number of benzene rings is 1. The van der Waals surface area contributed by atoms with Crippen molar-refractivity contribution in [3.63, 3.8) is 0 Å². The Morgan fingerprint density at radius 3 is 2.31 bits per heavy atom. The number of hydrogen-bond acceptors (Lipinski definition) is 3. The lowest BCUT2D eigenvalue weighted by atomic mass is 9.95. The highest BCUT2D eigenvalue weighted by atomic mass is 16.5. The van der Waals surface area contributed by atoms with E-state index in [1.165, 1.54) is 11.1 Å². The minimum absolute atomic E-state index is 0.194. The molecule has 0 radical (unpaired) electrons. The van der Waals surface area contributed by atoms with Gasteiger partial charge in [-0.25, -0.2) is 0 Å². The van der Waals surface area contributed by atoms with Gasteiger partial charge < -0.3 is 15.2 Å². The van der Waals surface area contributed by atoms with Gasteiger partial charge in [-0.05, 0) is 31.0 Å². The molecule has 1 rings (SSSR count). The Kier molecular flexibility index (Phi) is 4.77. The molecule has 0 fully saturated rings. The molecule has 90 valence electrons. The highest BCUT2D eigenvalue weighted by molar-refractivity contribution is 5.44. The zero-order chi connectivity index (χ0) is 12.1. The minimum Gasteiger partial charge on any atom is -0.496 e. The highest BCUT2D eigenvalue weighted by Gasteiger charge is 2.15. The summed E-state index contributed by atoms with van der Waals surface area (Å²) in [6.07, 6.45) is 0. The van der Waals surface area contributed by atoms with Crippen molar-refractivity contribution in [1.82, 2.24) is 0 Å². The normalized spacial score (nSPS) is 12.6. The van der Waals surface area contributed by atoms with Crippen LogP contribution in [0.1, 0.15) is 22.6 Å². The highest BCUT2D eigenvalue weighted by Crippen LogP contribution is 2.29. The summed E-state index contributed by atoms with van der Waals surface area (Å²) in [6.45, 7) is 5.36. The van der Waals surface area contributed by atoms with E-state index in [0.717, 1.165) is 11.3 Å². The molecule has 1 unspecified atom stereocenters. The van der Waals surface area contributed by atoms with Crippen molar-refractivity contribution in [1.29, 1.82) is 0 Å². The van der Waals surface area contributed by atoms with Crippen LogP contribution in [0.15, 0.2) is 12.1 Å². The van der Waals surface area contributed by atoms with Gasteiger partial charge in [0.1, 0.15) is 5.75 Å². The van der Waals surface area contributed by atoms with Crippen LogP contribution in [0.5, 0.6) is 5.75 Å². The van der Waals surface area contributed by atoms with E-state index in [1.54, 1.807) is 14.2 Å². The SMILES string of the molecule is COCC(CN)c1cc(C)c(C)cc1OC. The van der Waals surface area contributed by atoms with E-state index < -0.39 is 0 Å². The summed E-state index contributed by atoms with van der Waals surface area (Å²) in [7, 11) is 3.38. The first kappa shape index (κ1) is 13.0. The van der Waals surface area contributed by atoms with Gasteiger partial charge in [0.05, 0.1) is 13.7 Å². The maximum atomic E-state index is 5.77. The van der Waals surface area contributed by atoms with E-state index in [2.05, 4.69) is 26.0 Å². The second-order valence-electron chi connectivity index (χ2n) is 4.07. The molecule has 0 aliphatic carbocycles. The van der Waals surface area contributed by atoms with Crippen molar-refractivity contribution in [2.24, 2.45) is 5.73 Å². The van der Waals surface area contributed by atoms with Crippen LogP contribution in [-0.2, 0) is 4.74 Å². The lowest BCUT2D eigenvalue weighted by Crippen LogP contribution is -2.18. The topological polar surface area (TPSA) is 44.5 Å². The molecule has 0 spiro atoms. The third kappa shape index (κ3) is 2.74. The number of ether oxygens (including phenoxy) is 2. The van der Waals surface area contributed by atoms with E-state index in [1.807, 2.05) is 0 Å². The van der Waals surface area contributed by atoms with Crippen molar-refractivity contribution in [2.75, 3.05) is 27.4 Å². The summed E-state index contributed by atoms with van der Waals surface area (Å²) in [5.74, 6) is 1.09. The molecule has 0 bridgehead atoms. The van der Waals surface area contributed by atoms with E-state index in [-0.39, 0.29) is 5.92 Å². The van der Waals surface area contributed by atoms with Gasteiger partial charge in [-0.3, -0.25) is 0 Å². The van der Waals surface area contributed by atoms with Crippen molar-refractivity contribution in [3.8, 4) is 5.75 Å².